The Kier molecular flexibility index (Phi) is 5.16. The van der Waals surface area contributed by atoms with Crippen LogP contribution >= 0.6 is 0 Å². The number of para-hydroxylation sites is 2. The van der Waals surface area contributed by atoms with Crippen molar-refractivity contribution in [3.8, 4) is 11.5 Å². The van der Waals surface area contributed by atoms with Crippen LogP contribution in [0.15, 0.2) is 48.5 Å². The highest BCUT2D eigenvalue weighted by Crippen LogP contribution is 2.26. The third-order valence-corrected chi connectivity index (χ3v) is 4.18. The average Bonchev–Trinajstić information content (AvgIpc) is 2.60. The van der Waals surface area contributed by atoms with E-state index in [-0.39, 0.29) is 6.61 Å². The molecule has 4 nitrogen and oxygen atoms in total. The van der Waals surface area contributed by atoms with E-state index in [1.54, 1.807) is 7.11 Å². The van der Waals surface area contributed by atoms with Gasteiger partial charge in [-0.25, -0.2) is 0 Å². The first kappa shape index (κ1) is 15.8. The smallest absolute Gasteiger partial charge is 0.161 e. The molecule has 1 aliphatic rings. The summed E-state index contributed by atoms with van der Waals surface area (Å²) in [6.07, 6.45) is 0.515. The Balaban J connectivity index is 1.51. The summed E-state index contributed by atoms with van der Waals surface area (Å²) in [5.41, 5.74) is 2.78. The van der Waals surface area contributed by atoms with E-state index in [0.717, 1.165) is 19.5 Å². The highest BCUT2D eigenvalue weighted by Gasteiger charge is 2.19. The summed E-state index contributed by atoms with van der Waals surface area (Å²) in [5, 5.41) is 10.3. The van der Waals surface area contributed by atoms with Gasteiger partial charge in [0.25, 0.3) is 0 Å². The molecule has 2 aromatic rings. The summed E-state index contributed by atoms with van der Waals surface area (Å²) in [5.74, 6) is 1.35. The minimum Gasteiger partial charge on any atom is -0.493 e. The molecule has 0 bridgehead atoms. The maximum atomic E-state index is 10.3. The standard InChI is InChI=1S/C19H23NO3/c1-22-18-8-4-5-9-19(18)23-14-17(21)13-20-11-10-15-6-2-3-7-16(15)12-20/h2-9,17,21H,10-14H2,1H3/t17-/m0/s1. The van der Waals surface area contributed by atoms with Crippen LogP contribution in [0.2, 0.25) is 0 Å². The molecule has 0 aliphatic carbocycles. The number of fused-ring (bicyclic) bond motifs is 1. The fourth-order valence-electron chi connectivity index (χ4n) is 2.98. The number of β-amino-alcohol motifs (C(OH)–C–C–N with tert-alkyl or cyclic N) is 1. The number of methoxy groups -OCH3 is 1. The zero-order valence-electron chi connectivity index (χ0n) is 13.4. The number of benzene rings is 2. The van der Waals surface area contributed by atoms with Crippen LogP contribution in [0.3, 0.4) is 0 Å². The van der Waals surface area contributed by atoms with Crippen molar-refractivity contribution in [1.82, 2.24) is 4.90 Å². The summed E-state index contributed by atoms with van der Waals surface area (Å²) in [7, 11) is 1.61. The normalized spacial score (nSPS) is 15.7. The first-order chi connectivity index (χ1) is 11.3. The highest BCUT2D eigenvalue weighted by atomic mass is 16.5. The van der Waals surface area contributed by atoms with Crippen molar-refractivity contribution in [2.45, 2.75) is 19.1 Å². The van der Waals surface area contributed by atoms with Crippen LogP contribution in [0, 0.1) is 0 Å². The van der Waals surface area contributed by atoms with E-state index in [1.807, 2.05) is 24.3 Å². The molecule has 0 aromatic heterocycles. The summed E-state index contributed by atoms with van der Waals surface area (Å²) >= 11 is 0. The van der Waals surface area contributed by atoms with Crippen LogP contribution in [0.5, 0.6) is 11.5 Å². The van der Waals surface area contributed by atoms with Crippen LogP contribution in [-0.2, 0) is 13.0 Å². The topological polar surface area (TPSA) is 41.9 Å². The van der Waals surface area contributed by atoms with Crippen molar-refractivity contribution in [3.63, 3.8) is 0 Å². The first-order valence-corrected chi connectivity index (χ1v) is 7.99. The Morgan fingerprint density at radius 1 is 1.04 bits per heavy atom. The number of nitrogens with zero attached hydrogens (tertiary/aromatic N) is 1. The Bertz CT molecular complexity index is 644. The van der Waals surface area contributed by atoms with Gasteiger partial charge in [0.1, 0.15) is 12.7 Å². The molecule has 0 fully saturated rings. The molecule has 3 rings (SSSR count). The molecule has 122 valence electrons. The predicted molar refractivity (Wildman–Crippen MR) is 89.9 cm³/mol. The van der Waals surface area contributed by atoms with Crippen molar-refractivity contribution in [2.75, 3.05) is 26.8 Å². The van der Waals surface area contributed by atoms with Crippen LogP contribution < -0.4 is 9.47 Å². The van der Waals surface area contributed by atoms with Gasteiger partial charge in [0.15, 0.2) is 11.5 Å². The second-order valence-corrected chi connectivity index (χ2v) is 5.87. The van der Waals surface area contributed by atoms with E-state index in [0.29, 0.717) is 18.0 Å². The molecule has 0 saturated heterocycles. The van der Waals surface area contributed by atoms with Gasteiger partial charge in [0.2, 0.25) is 0 Å². The summed E-state index contributed by atoms with van der Waals surface area (Å²) in [6, 6.07) is 16.0. The lowest BCUT2D eigenvalue weighted by atomic mass is 10.00. The average molecular weight is 313 g/mol. The van der Waals surface area contributed by atoms with Crippen molar-refractivity contribution in [1.29, 1.82) is 0 Å². The molecule has 2 aromatic carbocycles. The first-order valence-electron chi connectivity index (χ1n) is 7.99. The zero-order chi connectivity index (χ0) is 16.1. The molecular weight excluding hydrogens is 290 g/mol. The molecule has 0 spiro atoms. The van der Waals surface area contributed by atoms with Crippen molar-refractivity contribution < 1.29 is 14.6 Å². The summed E-state index contributed by atoms with van der Waals surface area (Å²) in [4.78, 5) is 2.28. The van der Waals surface area contributed by atoms with Crippen LogP contribution in [0.1, 0.15) is 11.1 Å². The van der Waals surface area contributed by atoms with Gasteiger partial charge in [0.05, 0.1) is 7.11 Å². The Morgan fingerprint density at radius 2 is 1.74 bits per heavy atom. The predicted octanol–water partition coefficient (Wildman–Crippen LogP) is 2.49. The minimum atomic E-state index is -0.523. The van der Waals surface area contributed by atoms with Gasteiger partial charge >= 0.3 is 0 Å². The zero-order valence-corrected chi connectivity index (χ0v) is 13.4. The number of aliphatic hydroxyl groups excluding tert-OH is 1. The highest BCUT2D eigenvalue weighted by molar-refractivity contribution is 5.39. The minimum absolute atomic E-state index is 0.262. The van der Waals surface area contributed by atoms with Crippen LogP contribution in [-0.4, -0.2) is 42.9 Å². The van der Waals surface area contributed by atoms with Gasteiger partial charge < -0.3 is 14.6 Å². The molecule has 1 atom stereocenters. The molecule has 4 heteroatoms. The number of rotatable bonds is 6. The van der Waals surface area contributed by atoms with Crippen LogP contribution in [0.25, 0.3) is 0 Å². The maximum Gasteiger partial charge on any atom is 0.161 e. The van der Waals surface area contributed by atoms with E-state index >= 15 is 0 Å². The van der Waals surface area contributed by atoms with Crippen molar-refractivity contribution in [3.05, 3.63) is 59.7 Å². The summed E-state index contributed by atoms with van der Waals surface area (Å²) in [6.45, 7) is 2.74. The van der Waals surface area contributed by atoms with E-state index in [9.17, 15) is 5.11 Å². The SMILES string of the molecule is COc1ccccc1OC[C@@H](O)CN1CCc2ccccc2C1. The van der Waals surface area contributed by atoms with Gasteiger partial charge in [-0.3, -0.25) is 4.90 Å². The number of aliphatic hydroxyl groups is 1. The van der Waals surface area contributed by atoms with E-state index in [1.165, 1.54) is 11.1 Å². The fourth-order valence-corrected chi connectivity index (χ4v) is 2.98. The molecule has 0 amide bonds. The molecule has 0 radical (unpaired) electrons. The molecule has 1 aliphatic heterocycles. The lowest BCUT2D eigenvalue weighted by Crippen LogP contribution is -2.38. The van der Waals surface area contributed by atoms with Crippen molar-refractivity contribution in [2.24, 2.45) is 0 Å². The van der Waals surface area contributed by atoms with Gasteiger partial charge in [-0.1, -0.05) is 36.4 Å². The second kappa shape index (κ2) is 7.49. The maximum absolute atomic E-state index is 10.3. The van der Waals surface area contributed by atoms with E-state index in [4.69, 9.17) is 9.47 Å². The fraction of sp³-hybridized carbons (Fsp3) is 0.368. The van der Waals surface area contributed by atoms with Gasteiger partial charge in [0, 0.05) is 19.6 Å². The Hall–Kier alpha value is -2.04. The molecule has 0 saturated carbocycles. The lowest BCUT2D eigenvalue weighted by Gasteiger charge is -2.30. The van der Waals surface area contributed by atoms with Gasteiger partial charge in [-0.15, -0.1) is 0 Å². The molecular formula is C19H23NO3. The molecule has 1 N–H and O–H groups in total. The molecule has 1 heterocycles. The third-order valence-electron chi connectivity index (χ3n) is 4.18. The Morgan fingerprint density at radius 3 is 2.52 bits per heavy atom. The lowest BCUT2D eigenvalue weighted by molar-refractivity contribution is 0.0628. The summed E-state index contributed by atoms with van der Waals surface area (Å²) < 4.78 is 10.9. The number of ether oxygens (including phenoxy) is 2. The molecule has 0 unspecified atom stereocenters. The van der Waals surface area contributed by atoms with Gasteiger partial charge in [-0.05, 0) is 29.7 Å². The quantitative estimate of drug-likeness (QED) is 0.890. The van der Waals surface area contributed by atoms with E-state index in [2.05, 4.69) is 29.2 Å². The Labute approximate surface area is 137 Å². The third kappa shape index (κ3) is 4.03. The number of hydrogen-bond donors (Lipinski definition) is 1. The second-order valence-electron chi connectivity index (χ2n) is 5.87. The van der Waals surface area contributed by atoms with Crippen LogP contribution in [0.4, 0.5) is 0 Å². The largest absolute Gasteiger partial charge is 0.493 e. The van der Waals surface area contributed by atoms with E-state index < -0.39 is 6.10 Å². The van der Waals surface area contributed by atoms with Gasteiger partial charge in [-0.2, -0.15) is 0 Å². The van der Waals surface area contributed by atoms with Crippen molar-refractivity contribution >= 4 is 0 Å². The number of hydrogen-bond acceptors (Lipinski definition) is 4. The molecule has 23 heavy (non-hydrogen) atoms. The monoisotopic (exact) mass is 313 g/mol.